The van der Waals surface area contributed by atoms with Crippen molar-refractivity contribution in [2.45, 2.75) is 11.5 Å². The van der Waals surface area contributed by atoms with Crippen molar-refractivity contribution in [3.63, 3.8) is 0 Å². The molecule has 0 atom stereocenters. The van der Waals surface area contributed by atoms with E-state index < -0.39 is 17.3 Å². The number of nitrogens with zero attached hydrogens (tertiary/aromatic N) is 2. The molecular weight excluding hydrogens is 373 g/mol. The third kappa shape index (κ3) is 2.76. The van der Waals surface area contributed by atoms with Crippen LogP contribution in [0, 0.1) is 0 Å². The van der Waals surface area contributed by atoms with Gasteiger partial charge in [-0.2, -0.15) is 13.2 Å². The molecule has 0 fully saturated rings. The first-order valence-electron chi connectivity index (χ1n) is 6.66. The highest BCUT2D eigenvalue weighted by molar-refractivity contribution is 9.08. The zero-order chi connectivity index (χ0) is 16.6. The summed E-state index contributed by atoms with van der Waals surface area (Å²) in [6.07, 6.45) is -4.56. The highest BCUT2D eigenvalue weighted by atomic mass is 79.9. The standard InChI is InChI=1S/C16H10BrF3N2O/c17-9-14-21-12-7-3-1-5-10(12)15(23)22(14)13-8-4-2-6-11(13)16(18,19)20/h1-8H,9H2. The summed E-state index contributed by atoms with van der Waals surface area (Å²) in [6, 6.07) is 11.6. The SMILES string of the molecule is O=c1c2ccccc2nc(CBr)n1-c1ccccc1C(F)(F)F. The van der Waals surface area contributed by atoms with Gasteiger partial charge in [-0.1, -0.05) is 40.2 Å². The number of aromatic nitrogens is 2. The van der Waals surface area contributed by atoms with Crippen LogP contribution < -0.4 is 5.56 Å². The van der Waals surface area contributed by atoms with Crippen LogP contribution in [0.15, 0.2) is 53.3 Å². The second kappa shape index (κ2) is 5.81. The third-order valence-corrected chi connectivity index (χ3v) is 3.92. The molecule has 0 aliphatic carbocycles. The molecule has 3 rings (SSSR count). The van der Waals surface area contributed by atoms with Crippen molar-refractivity contribution in [3.8, 4) is 5.69 Å². The summed E-state index contributed by atoms with van der Waals surface area (Å²) >= 11 is 3.20. The number of rotatable bonds is 2. The van der Waals surface area contributed by atoms with Crippen LogP contribution >= 0.6 is 15.9 Å². The second-order valence-corrected chi connectivity index (χ2v) is 5.40. The molecule has 3 aromatic rings. The molecule has 118 valence electrons. The average molecular weight is 383 g/mol. The van der Waals surface area contributed by atoms with Gasteiger partial charge < -0.3 is 0 Å². The highest BCUT2D eigenvalue weighted by Gasteiger charge is 2.34. The van der Waals surface area contributed by atoms with Crippen molar-refractivity contribution in [1.82, 2.24) is 9.55 Å². The smallest absolute Gasteiger partial charge is 0.268 e. The van der Waals surface area contributed by atoms with Crippen LogP contribution in [0.3, 0.4) is 0 Å². The number of hydrogen-bond donors (Lipinski definition) is 0. The summed E-state index contributed by atoms with van der Waals surface area (Å²) in [4.78, 5) is 17.0. The van der Waals surface area contributed by atoms with Gasteiger partial charge in [0.25, 0.3) is 5.56 Å². The number of halogens is 4. The second-order valence-electron chi connectivity index (χ2n) is 4.83. The van der Waals surface area contributed by atoms with Crippen LogP contribution in [-0.2, 0) is 11.5 Å². The van der Waals surface area contributed by atoms with E-state index in [-0.39, 0.29) is 22.2 Å². The van der Waals surface area contributed by atoms with Gasteiger partial charge in [0.05, 0.1) is 27.5 Å². The molecule has 0 unspecified atom stereocenters. The molecule has 0 spiro atoms. The van der Waals surface area contributed by atoms with Gasteiger partial charge in [-0.15, -0.1) is 0 Å². The monoisotopic (exact) mass is 382 g/mol. The molecule has 0 amide bonds. The topological polar surface area (TPSA) is 34.9 Å². The van der Waals surface area contributed by atoms with Gasteiger partial charge in [-0.25, -0.2) is 4.98 Å². The summed E-state index contributed by atoms with van der Waals surface area (Å²) in [7, 11) is 0. The molecule has 2 aromatic carbocycles. The molecule has 0 saturated carbocycles. The summed E-state index contributed by atoms with van der Waals surface area (Å²) < 4.78 is 40.8. The Kier molecular flexibility index (Phi) is 3.97. The summed E-state index contributed by atoms with van der Waals surface area (Å²) in [5.41, 5.74) is -1.17. The Morgan fingerprint density at radius 2 is 1.70 bits per heavy atom. The zero-order valence-electron chi connectivity index (χ0n) is 11.6. The Hall–Kier alpha value is -2.15. The Labute approximate surface area is 137 Å². The number of benzene rings is 2. The molecule has 0 aliphatic rings. The predicted octanol–water partition coefficient (Wildman–Crippen LogP) is 4.30. The van der Waals surface area contributed by atoms with Gasteiger partial charge in [-0.05, 0) is 24.3 Å². The first kappa shape index (κ1) is 15.7. The lowest BCUT2D eigenvalue weighted by molar-refractivity contribution is -0.137. The summed E-state index contributed by atoms with van der Waals surface area (Å²) in [6.45, 7) is 0. The van der Waals surface area contributed by atoms with Crippen molar-refractivity contribution < 1.29 is 13.2 Å². The molecule has 0 bridgehead atoms. The fourth-order valence-electron chi connectivity index (χ4n) is 2.43. The van der Waals surface area contributed by atoms with E-state index in [1.54, 1.807) is 24.3 Å². The van der Waals surface area contributed by atoms with E-state index in [4.69, 9.17) is 0 Å². The van der Waals surface area contributed by atoms with Crippen LogP contribution in [0.25, 0.3) is 16.6 Å². The van der Waals surface area contributed by atoms with Crippen LogP contribution in [-0.4, -0.2) is 9.55 Å². The average Bonchev–Trinajstić information content (AvgIpc) is 2.54. The van der Waals surface area contributed by atoms with Crippen molar-refractivity contribution >= 4 is 26.8 Å². The number of alkyl halides is 4. The fourth-order valence-corrected chi connectivity index (χ4v) is 2.80. The van der Waals surface area contributed by atoms with E-state index in [0.717, 1.165) is 10.6 Å². The lowest BCUT2D eigenvalue weighted by Gasteiger charge is -2.17. The van der Waals surface area contributed by atoms with E-state index in [1.165, 1.54) is 18.2 Å². The molecule has 0 aliphatic heterocycles. The van der Waals surface area contributed by atoms with E-state index in [9.17, 15) is 18.0 Å². The highest BCUT2D eigenvalue weighted by Crippen LogP contribution is 2.33. The van der Waals surface area contributed by atoms with Gasteiger partial charge in [0.2, 0.25) is 0 Å². The molecule has 3 nitrogen and oxygen atoms in total. The molecule has 0 radical (unpaired) electrons. The molecular formula is C16H10BrF3N2O. The molecule has 7 heteroatoms. The van der Waals surface area contributed by atoms with Crippen LogP contribution in [0.5, 0.6) is 0 Å². The van der Waals surface area contributed by atoms with Crippen molar-refractivity contribution in [2.75, 3.05) is 0 Å². The van der Waals surface area contributed by atoms with Gasteiger partial charge in [0.15, 0.2) is 0 Å². The number of fused-ring (bicyclic) bond motifs is 1. The normalized spacial score (nSPS) is 11.8. The first-order chi connectivity index (χ1) is 10.9. The Morgan fingerprint density at radius 3 is 2.39 bits per heavy atom. The van der Waals surface area contributed by atoms with Crippen LogP contribution in [0.4, 0.5) is 13.2 Å². The van der Waals surface area contributed by atoms with Crippen molar-refractivity contribution in [2.24, 2.45) is 0 Å². The Morgan fingerprint density at radius 1 is 1.04 bits per heavy atom. The lowest BCUT2D eigenvalue weighted by Crippen LogP contribution is -2.25. The Bertz CT molecular complexity index is 934. The molecule has 1 heterocycles. The third-order valence-electron chi connectivity index (χ3n) is 3.42. The van der Waals surface area contributed by atoms with Gasteiger partial charge in [0.1, 0.15) is 5.82 Å². The minimum atomic E-state index is -4.56. The number of para-hydroxylation sites is 2. The fraction of sp³-hybridized carbons (Fsp3) is 0.125. The largest absolute Gasteiger partial charge is 0.418 e. The zero-order valence-corrected chi connectivity index (χ0v) is 13.2. The quantitative estimate of drug-likeness (QED) is 0.619. The maximum absolute atomic E-state index is 13.3. The van der Waals surface area contributed by atoms with E-state index in [2.05, 4.69) is 20.9 Å². The van der Waals surface area contributed by atoms with Crippen LogP contribution in [0.1, 0.15) is 11.4 Å². The Balaban J connectivity index is 2.42. The molecule has 23 heavy (non-hydrogen) atoms. The first-order valence-corrected chi connectivity index (χ1v) is 7.79. The molecule has 0 N–H and O–H groups in total. The summed E-state index contributed by atoms with van der Waals surface area (Å²) in [5, 5.41) is 0.424. The molecule has 0 saturated heterocycles. The maximum atomic E-state index is 13.3. The lowest BCUT2D eigenvalue weighted by atomic mass is 10.1. The van der Waals surface area contributed by atoms with Crippen molar-refractivity contribution in [1.29, 1.82) is 0 Å². The minimum absolute atomic E-state index is 0.152. The van der Waals surface area contributed by atoms with Crippen molar-refractivity contribution in [3.05, 3.63) is 70.3 Å². The van der Waals surface area contributed by atoms with Gasteiger partial charge >= 0.3 is 6.18 Å². The number of hydrogen-bond acceptors (Lipinski definition) is 2. The van der Waals surface area contributed by atoms with Gasteiger partial charge in [-0.3, -0.25) is 9.36 Å². The predicted molar refractivity (Wildman–Crippen MR) is 85.0 cm³/mol. The maximum Gasteiger partial charge on any atom is 0.418 e. The van der Waals surface area contributed by atoms with Gasteiger partial charge in [0, 0.05) is 0 Å². The minimum Gasteiger partial charge on any atom is -0.268 e. The van der Waals surface area contributed by atoms with E-state index in [1.807, 2.05) is 0 Å². The van der Waals surface area contributed by atoms with E-state index in [0.29, 0.717) is 5.52 Å². The van der Waals surface area contributed by atoms with Crippen LogP contribution in [0.2, 0.25) is 0 Å². The molecule has 1 aromatic heterocycles. The van der Waals surface area contributed by atoms with E-state index >= 15 is 0 Å². The summed E-state index contributed by atoms with van der Waals surface area (Å²) in [5.74, 6) is 0.213.